The van der Waals surface area contributed by atoms with Crippen LogP contribution in [0.2, 0.25) is 0 Å². The Hall–Kier alpha value is -2.64. The van der Waals surface area contributed by atoms with E-state index in [0.717, 1.165) is 0 Å². The molecule has 0 spiro atoms. The Morgan fingerprint density at radius 2 is 2.04 bits per heavy atom. The van der Waals surface area contributed by atoms with Gasteiger partial charge in [0.25, 0.3) is 0 Å². The number of hydrogen-bond donors (Lipinski definition) is 2. The maximum Gasteiger partial charge on any atom is 0.312 e. The van der Waals surface area contributed by atoms with Gasteiger partial charge >= 0.3 is 6.03 Å². The van der Waals surface area contributed by atoms with Crippen LogP contribution in [-0.4, -0.2) is 53.3 Å². The maximum absolute atomic E-state index is 13.3. The van der Waals surface area contributed by atoms with E-state index in [1.807, 2.05) is 0 Å². The van der Waals surface area contributed by atoms with Gasteiger partial charge in [0.2, 0.25) is 11.8 Å². The lowest BCUT2D eigenvalue weighted by Crippen LogP contribution is -2.58. The molecule has 1 aromatic carbocycles. The van der Waals surface area contributed by atoms with Crippen LogP contribution in [0.5, 0.6) is 0 Å². The Morgan fingerprint density at radius 3 is 2.60 bits per heavy atom. The zero-order valence-electron chi connectivity index (χ0n) is 14.4. The number of nitrogens with one attached hydrogen (secondary N) is 1. The van der Waals surface area contributed by atoms with E-state index in [1.54, 1.807) is 30.9 Å². The van der Waals surface area contributed by atoms with Crippen molar-refractivity contribution in [2.24, 2.45) is 11.7 Å². The summed E-state index contributed by atoms with van der Waals surface area (Å²) < 4.78 is 13.3. The van der Waals surface area contributed by atoms with E-state index in [9.17, 15) is 18.8 Å². The van der Waals surface area contributed by atoms with Crippen molar-refractivity contribution in [2.75, 3.05) is 19.6 Å². The van der Waals surface area contributed by atoms with Crippen LogP contribution >= 0.6 is 0 Å². The van der Waals surface area contributed by atoms with Gasteiger partial charge in [0, 0.05) is 19.6 Å². The van der Waals surface area contributed by atoms with Gasteiger partial charge in [-0.1, -0.05) is 26.0 Å². The number of piperazine rings is 1. The topological polar surface area (TPSA) is 95.7 Å². The van der Waals surface area contributed by atoms with Gasteiger partial charge in [0.15, 0.2) is 0 Å². The Balaban J connectivity index is 1.99. The second-order valence-corrected chi connectivity index (χ2v) is 6.44. The number of benzene rings is 1. The van der Waals surface area contributed by atoms with Crippen LogP contribution in [0.15, 0.2) is 24.3 Å². The van der Waals surface area contributed by atoms with E-state index in [4.69, 9.17) is 5.73 Å². The zero-order valence-corrected chi connectivity index (χ0v) is 14.4. The van der Waals surface area contributed by atoms with E-state index in [-0.39, 0.29) is 30.1 Å². The normalized spacial score (nSPS) is 16.1. The Morgan fingerprint density at radius 1 is 1.32 bits per heavy atom. The summed E-state index contributed by atoms with van der Waals surface area (Å²) >= 11 is 0. The average Bonchev–Trinajstić information content (AvgIpc) is 2.53. The first kappa shape index (κ1) is 18.7. The fraction of sp³-hybridized carbons (Fsp3) is 0.471. The van der Waals surface area contributed by atoms with Crippen molar-refractivity contribution >= 4 is 17.8 Å². The average molecular weight is 350 g/mol. The second kappa shape index (κ2) is 7.96. The van der Waals surface area contributed by atoms with Crippen LogP contribution in [0, 0.1) is 11.7 Å². The van der Waals surface area contributed by atoms with Crippen LogP contribution in [0.3, 0.4) is 0 Å². The molecule has 0 bridgehead atoms. The second-order valence-electron chi connectivity index (χ2n) is 6.44. The Kier molecular flexibility index (Phi) is 5.95. The number of hydrogen-bond acceptors (Lipinski definition) is 3. The highest BCUT2D eigenvalue weighted by molar-refractivity contribution is 5.91. The summed E-state index contributed by atoms with van der Waals surface area (Å²) in [5, 5.41) is 2.43. The zero-order chi connectivity index (χ0) is 18.6. The molecule has 1 aromatic rings. The molecule has 7 nitrogen and oxygen atoms in total. The summed E-state index contributed by atoms with van der Waals surface area (Å²) in [7, 11) is 0. The van der Waals surface area contributed by atoms with Crippen molar-refractivity contribution in [1.29, 1.82) is 0 Å². The first-order chi connectivity index (χ1) is 11.8. The summed E-state index contributed by atoms with van der Waals surface area (Å²) in [5.41, 5.74) is 5.82. The van der Waals surface area contributed by atoms with Gasteiger partial charge in [0.1, 0.15) is 11.9 Å². The molecule has 2 rings (SSSR count). The van der Waals surface area contributed by atoms with E-state index in [1.165, 1.54) is 17.0 Å². The summed E-state index contributed by atoms with van der Waals surface area (Å²) in [6.07, 6.45) is 0. The monoisotopic (exact) mass is 350 g/mol. The quantitative estimate of drug-likeness (QED) is 0.818. The van der Waals surface area contributed by atoms with Crippen molar-refractivity contribution < 1.29 is 18.8 Å². The van der Waals surface area contributed by atoms with Crippen molar-refractivity contribution in [3.8, 4) is 0 Å². The Labute approximate surface area is 145 Å². The molecule has 1 heterocycles. The molecule has 1 aliphatic heterocycles. The lowest BCUT2D eigenvalue weighted by Gasteiger charge is -2.36. The molecule has 25 heavy (non-hydrogen) atoms. The highest BCUT2D eigenvalue weighted by Gasteiger charge is 2.33. The van der Waals surface area contributed by atoms with Gasteiger partial charge in [-0.25, -0.2) is 9.18 Å². The molecule has 0 aromatic heterocycles. The van der Waals surface area contributed by atoms with E-state index < -0.39 is 12.1 Å². The molecule has 0 radical (unpaired) electrons. The van der Waals surface area contributed by atoms with Crippen LogP contribution in [0.25, 0.3) is 0 Å². The number of nitrogens with two attached hydrogens (primary N) is 1. The molecule has 0 saturated carbocycles. The van der Waals surface area contributed by atoms with Crippen LogP contribution in [0.4, 0.5) is 9.18 Å². The molecular formula is C17H23FN4O3. The van der Waals surface area contributed by atoms with Crippen LogP contribution < -0.4 is 11.1 Å². The van der Waals surface area contributed by atoms with E-state index in [2.05, 4.69) is 5.32 Å². The minimum atomic E-state index is -0.775. The molecule has 0 unspecified atom stereocenters. The molecule has 1 fully saturated rings. The van der Waals surface area contributed by atoms with Gasteiger partial charge in [-0.15, -0.1) is 0 Å². The number of rotatable bonds is 5. The number of primary amides is 1. The Bertz CT molecular complexity index is 665. The number of urea groups is 1. The van der Waals surface area contributed by atoms with Crippen LogP contribution in [0.1, 0.15) is 19.4 Å². The molecule has 1 saturated heterocycles. The molecule has 4 amide bonds. The van der Waals surface area contributed by atoms with Gasteiger partial charge in [-0.2, -0.15) is 0 Å². The predicted molar refractivity (Wildman–Crippen MR) is 89.7 cm³/mol. The van der Waals surface area contributed by atoms with E-state index in [0.29, 0.717) is 25.2 Å². The summed E-state index contributed by atoms with van der Waals surface area (Å²) in [6.45, 7) is 4.51. The van der Waals surface area contributed by atoms with Crippen molar-refractivity contribution in [1.82, 2.24) is 15.1 Å². The van der Waals surface area contributed by atoms with Crippen molar-refractivity contribution in [2.45, 2.75) is 26.4 Å². The maximum atomic E-state index is 13.3. The predicted octanol–water partition coefficient (Wildman–Crippen LogP) is 0.689. The third kappa shape index (κ3) is 4.91. The molecule has 3 N–H and O–H groups in total. The standard InChI is InChI=1S/C17H23FN4O3/c1-11(2)15(20-17(19)25)16(24)22-7-6-21(14(23)10-22)9-12-4-3-5-13(18)8-12/h3-5,8,11,15H,6-7,9-10H2,1-2H3,(H3,19,20,25)/t15-/m1/s1. The lowest BCUT2D eigenvalue weighted by molar-refractivity contribution is -0.147. The SMILES string of the molecule is CC(C)[C@@H](NC(N)=O)C(=O)N1CCN(Cc2cccc(F)c2)C(=O)C1. The van der Waals surface area contributed by atoms with E-state index >= 15 is 0 Å². The fourth-order valence-corrected chi connectivity index (χ4v) is 2.78. The molecule has 8 heteroatoms. The number of nitrogens with zero attached hydrogens (tertiary/aromatic N) is 2. The lowest BCUT2D eigenvalue weighted by atomic mass is 10.0. The molecular weight excluding hydrogens is 327 g/mol. The minimum Gasteiger partial charge on any atom is -0.352 e. The van der Waals surface area contributed by atoms with Gasteiger partial charge in [-0.05, 0) is 23.6 Å². The minimum absolute atomic E-state index is 0.0716. The first-order valence-electron chi connectivity index (χ1n) is 8.15. The molecule has 1 atom stereocenters. The third-order valence-corrected chi connectivity index (χ3v) is 4.12. The van der Waals surface area contributed by atoms with Crippen LogP contribution in [-0.2, 0) is 16.1 Å². The summed E-state index contributed by atoms with van der Waals surface area (Å²) in [6, 6.07) is 4.54. The van der Waals surface area contributed by atoms with Crippen molar-refractivity contribution in [3.05, 3.63) is 35.6 Å². The summed E-state index contributed by atoms with van der Waals surface area (Å²) in [5.74, 6) is -1.05. The molecule has 136 valence electrons. The van der Waals surface area contributed by atoms with Gasteiger partial charge in [-0.3, -0.25) is 9.59 Å². The largest absolute Gasteiger partial charge is 0.352 e. The number of halogens is 1. The molecule has 0 aliphatic carbocycles. The smallest absolute Gasteiger partial charge is 0.312 e. The number of carbonyl (C=O) groups is 3. The number of amides is 4. The highest BCUT2D eigenvalue weighted by atomic mass is 19.1. The fourth-order valence-electron chi connectivity index (χ4n) is 2.78. The third-order valence-electron chi connectivity index (χ3n) is 4.12. The van der Waals surface area contributed by atoms with Crippen molar-refractivity contribution in [3.63, 3.8) is 0 Å². The van der Waals surface area contributed by atoms with Gasteiger partial charge in [0.05, 0.1) is 6.54 Å². The summed E-state index contributed by atoms with van der Waals surface area (Å²) in [4.78, 5) is 39.0. The molecule has 1 aliphatic rings. The van der Waals surface area contributed by atoms with Gasteiger partial charge < -0.3 is 20.9 Å². The first-order valence-corrected chi connectivity index (χ1v) is 8.15. The number of carbonyl (C=O) groups excluding carboxylic acids is 3. The highest BCUT2D eigenvalue weighted by Crippen LogP contribution is 2.13.